The number of alkyl halides is 3. The summed E-state index contributed by atoms with van der Waals surface area (Å²) in [6, 6.07) is 7.29. The monoisotopic (exact) mass is 347 g/mol. The van der Waals surface area contributed by atoms with Crippen molar-refractivity contribution >= 4 is 5.96 Å². The van der Waals surface area contributed by atoms with Gasteiger partial charge in [-0.3, -0.25) is 4.99 Å². The predicted octanol–water partition coefficient (Wildman–Crippen LogP) is 2.47. The van der Waals surface area contributed by atoms with Crippen LogP contribution in [0.1, 0.15) is 18.1 Å². The van der Waals surface area contributed by atoms with Gasteiger partial charge < -0.3 is 20.1 Å². The summed E-state index contributed by atoms with van der Waals surface area (Å²) in [5.41, 5.74) is 1.68. The van der Waals surface area contributed by atoms with Gasteiger partial charge in [0.05, 0.1) is 13.2 Å². The van der Waals surface area contributed by atoms with Gasteiger partial charge in [-0.05, 0) is 18.1 Å². The number of hydrogen-bond acceptors (Lipinski definition) is 3. The maximum atomic E-state index is 12.0. The zero-order valence-electron chi connectivity index (χ0n) is 14.1. The average Bonchev–Trinajstić information content (AvgIpc) is 2.51. The van der Waals surface area contributed by atoms with Crippen LogP contribution in [0.5, 0.6) is 0 Å². The third-order valence-corrected chi connectivity index (χ3v) is 3.04. The summed E-state index contributed by atoms with van der Waals surface area (Å²) in [5.74, 6) is 0.650. The minimum Gasteiger partial charge on any atom is -0.383 e. The van der Waals surface area contributed by atoms with Gasteiger partial charge in [-0.1, -0.05) is 24.3 Å². The van der Waals surface area contributed by atoms with E-state index in [-0.39, 0.29) is 12.6 Å². The number of nitrogens with one attached hydrogen (secondary N) is 2. The van der Waals surface area contributed by atoms with E-state index in [1.54, 1.807) is 26.3 Å². The third-order valence-electron chi connectivity index (χ3n) is 3.04. The molecule has 0 aliphatic heterocycles. The standard InChI is InChI=1S/C16H24F3N3O2/c1-12(9-23-3)22-15(20-2)21-8-13-4-6-14(7-5-13)10-24-11-16(17,18)19/h4-7,12H,8-11H2,1-3H3,(H2,20,21,22). The van der Waals surface area contributed by atoms with Crippen LogP contribution < -0.4 is 10.6 Å². The van der Waals surface area contributed by atoms with Gasteiger partial charge in [0.25, 0.3) is 0 Å². The van der Waals surface area contributed by atoms with Gasteiger partial charge in [0, 0.05) is 26.7 Å². The molecule has 2 N–H and O–H groups in total. The molecule has 5 nitrogen and oxygen atoms in total. The largest absolute Gasteiger partial charge is 0.411 e. The molecule has 0 spiro atoms. The SMILES string of the molecule is CN=C(NCc1ccc(COCC(F)(F)F)cc1)NC(C)COC. The zero-order chi connectivity index (χ0) is 18.0. The lowest BCUT2D eigenvalue weighted by Crippen LogP contribution is -2.43. The number of nitrogens with zero attached hydrogens (tertiary/aromatic N) is 1. The van der Waals surface area contributed by atoms with Gasteiger partial charge >= 0.3 is 6.18 Å². The lowest BCUT2D eigenvalue weighted by molar-refractivity contribution is -0.176. The zero-order valence-corrected chi connectivity index (χ0v) is 14.1. The Labute approximate surface area is 140 Å². The molecule has 0 heterocycles. The molecule has 24 heavy (non-hydrogen) atoms. The van der Waals surface area contributed by atoms with Crippen molar-refractivity contribution in [3.63, 3.8) is 0 Å². The number of methoxy groups -OCH3 is 1. The predicted molar refractivity (Wildman–Crippen MR) is 86.8 cm³/mol. The number of aliphatic imine (C=N–C) groups is 1. The fraction of sp³-hybridized carbons (Fsp3) is 0.562. The highest BCUT2D eigenvalue weighted by molar-refractivity contribution is 5.79. The summed E-state index contributed by atoms with van der Waals surface area (Å²) in [5, 5.41) is 6.34. The molecule has 0 radical (unpaired) electrons. The van der Waals surface area contributed by atoms with Gasteiger partial charge in [-0.25, -0.2) is 0 Å². The van der Waals surface area contributed by atoms with Crippen molar-refractivity contribution in [2.24, 2.45) is 4.99 Å². The molecule has 136 valence electrons. The van der Waals surface area contributed by atoms with Crippen LogP contribution in [0, 0.1) is 0 Å². The summed E-state index contributed by atoms with van der Waals surface area (Å²) in [7, 11) is 3.31. The number of guanidine groups is 1. The van der Waals surface area contributed by atoms with Crippen molar-refractivity contribution in [3.05, 3.63) is 35.4 Å². The second-order valence-electron chi connectivity index (χ2n) is 5.35. The Morgan fingerprint density at radius 1 is 1.21 bits per heavy atom. The summed E-state index contributed by atoms with van der Waals surface area (Å²) in [4.78, 5) is 4.12. The molecule has 1 atom stereocenters. The smallest absolute Gasteiger partial charge is 0.383 e. The van der Waals surface area contributed by atoms with Crippen molar-refractivity contribution < 1.29 is 22.6 Å². The Hall–Kier alpha value is -1.80. The Morgan fingerprint density at radius 2 is 1.83 bits per heavy atom. The molecule has 1 rings (SSSR count). The van der Waals surface area contributed by atoms with Crippen LogP contribution >= 0.6 is 0 Å². The number of halogens is 3. The molecule has 0 amide bonds. The van der Waals surface area contributed by atoms with Gasteiger partial charge in [0.1, 0.15) is 6.61 Å². The molecular formula is C16H24F3N3O2. The maximum absolute atomic E-state index is 12.0. The molecule has 0 aliphatic carbocycles. The van der Waals surface area contributed by atoms with Crippen LogP contribution in [0.4, 0.5) is 13.2 Å². The van der Waals surface area contributed by atoms with Crippen LogP contribution in [0.15, 0.2) is 29.3 Å². The highest BCUT2D eigenvalue weighted by Crippen LogP contribution is 2.15. The Kier molecular flexibility index (Phi) is 8.56. The van der Waals surface area contributed by atoms with E-state index in [0.29, 0.717) is 24.7 Å². The quantitative estimate of drug-likeness (QED) is 0.560. The molecule has 1 aromatic rings. The molecule has 0 aliphatic rings. The van der Waals surface area contributed by atoms with E-state index in [1.165, 1.54) is 0 Å². The number of rotatable bonds is 8. The minimum absolute atomic E-state index is 0.0645. The van der Waals surface area contributed by atoms with Crippen molar-refractivity contribution in [1.82, 2.24) is 10.6 Å². The molecule has 0 bridgehead atoms. The lowest BCUT2D eigenvalue weighted by Gasteiger charge is -2.17. The van der Waals surface area contributed by atoms with E-state index >= 15 is 0 Å². The van der Waals surface area contributed by atoms with E-state index in [4.69, 9.17) is 4.74 Å². The Balaban J connectivity index is 2.40. The van der Waals surface area contributed by atoms with Crippen molar-refractivity contribution in [1.29, 1.82) is 0 Å². The second kappa shape index (κ2) is 10.1. The van der Waals surface area contributed by atoms with Crippen LogP contribution in [0.3, 0.4) is 0 Å². The average molecular weight is 347 g/mol. The third kappa shape index (κ3) is 8.73. The first-order valence-corrected chi connectivity index (χ1v) is 7.52. The molecule has 0 fully saturated rings. The van der Waals surface area contributed by atoms with E-state index in [0.717, 1.165) is 5.56 Å². The molecule has 1 unspecified atom stereocenters. The van der Waals surface area contributed by atoms with Crippen molar-refractivity contribution in [2.45, 2.75) is 32.3 Å². The van der Waals surface area contributed by atoms with Crippen LogP contribution in [0.25, 0.3) is 0 Å². The van der Waals surface area contributed by atoms with Crippen LogP contribution in [-0.4, -0.2) is 45.5 Å². The molecule has 8 heteroatoms. The summed E-state index contributed by atoms with van der Waals surface area (Å²) in [6.07, 6.45) is -4.30. The first-order valence-electron chi connectivity index (χ1n) is 7.52. The number of hydrogen-bond donors (Lipinski definition) is 2. The van der Waals surface area contributed by atoms with E-state index in [2.05, 4.69) is 20.4 Å². The summed E-state index contributed by atoms with van der Waals surface area (Å²) >= 11 is 0. The fourth-order valence-corrected chi connectivity index (χ4v) is 1.94. The van der Waals surface area contributed by atoms with Gasteiger partial charge in [0.15, 0.2) is 5.96 Å². The summed E-state index contributed by atoms with van der Waals surface area (Å²) in [6.45, 7) is 1.78. The number of benzene rings is 1. The second-order valence-corrected chi connectivity index (χ2v) is 5.35. The van der Waals surface area contributed by atoms with Gasteiger partial charge in [-0.15, -0.1) is 0 Å². The number of ether oxygens (including phenoxy) is 2. The Bertz CT molecular complexity index is 504. The molecule has 0 saturated heterocycles. The van der Waals surface area contributed by atoms with E-state index in [1.807, 2.05) is 19.1 Å². The summed E-state index contributed by atoms with van der Waals surface area (Å²) < 4.78 is 45.7. The fourth-order valence-electron chi connectivity index (χ4n) is 1.94. The van der Waals surface area contributed by atoms with E-state index < -0.39 is 12.8 Å². The van der Waals surface area contributed by atoms with E-state index in [9.17, 15) is 13.2 Å². The van der Waals surface area contributed by atoms with Gasteiger partial charge in [0.2, 0.25) is 0 Å². The highest BCUT2D eigenvalue weighted by Gasteiger charge is 2.27. The highest BCUT2D eigenvalue weighted by atomic mass is 19.4. The Morgan fingerprint density at radius 3 is 2.38 bits per heavy atom. The molecular weight excluding hydrogens is 323 g/mol. The minimum atomic E-state index is -4.30. The first-order chi connectivity index (χ1) is 11.3. The van der Waals surface area contributed by atoms with Crippen LogP contribution in [-0.2, 0) is 22.6 Å². The first kappa shape index (κ1) is 20.2. The molecule has 0 saturated carbocycles. The maximum Gasteiger partial charge on any atom is 0.411 e. The van der Waals surface area contributed by atoms with Crippen LogP contribution in [0.2, 0.25) is 0 Å². The molecule has 1 aromatic carbocycles. The lowest BCUT2D eigenvalue weighted by atomic mass is 10.1. The van der Waals surface area contributed by atoms with Crippen molar-refractivity contribution in [3.8, 4) is 0 Å². The normalized spacial score (nSPS) is 13.7. The molecule has 0 aromatic heterocycles. The topological polar surface area (TPSA) is 54.9 Å². The van der Waals surface area contributed by atoms with Gasteiger partial charge in [-0.2, -0.15) is 13.2 Å². The van der Waals surface area contributed by atoms with Crippen molar-refractivity contribution in [2.75, 3.05) is 27.4 Å².